The molecule has 1 heterocycles. The van der Waals surface area contributed by atoms with Crippen molar-refractivity contribution in [3.63, 3.8) is 0 Å². The summed E-state index contributed by atoms with van der Waals surface area (Å²) in [6.07, 6.45) is -0.305. The van der Waals surface area contributed by atoms with E-state index in [2.05, 4.69) is 0 Å². The summed E-state index contributed by atoms with van der Waals surface area (Å²) in [7, 11) is 0. The summed E-state index contributed by atoms with van der Waals surface area (Å²) in [5.74, 6) is -0.0705. The summed E-state index contributed by atoms with van der Waals surface area (Å²) in [4.78, 5) is 0. The second kappa shape index (κ2) is 5.49. The van der Waals surface area contributed by atoms with E-state index in [9.17, 15) is 4.39 Å². The lowest BCUT2D eigenvalue weighted by Crippen LogP contribution is -2.18. The number of rotatable bonds is 4. The Morgan fingerprint density at radius 1 is 1.41 bits per heavy atom. The van der Waals surface area contributed by atoms with E-state index in [1.807, 2.05) is 16.8 Å². The number of hydrogen-bond acceptors (Lipinski definition) is 3. The van der Waals surface area contributed by atoms with Gasteiger partial charge < -0.3 is 10.5 Å². The third-order valence-electron chi connectivity index (χ3n) is 2.29. The monoisotopic (exact) mass is 271 g/mol. The van der Waals surface area contributed by atoms with Gasteiger partial charge in [0.15, 0.2) is 0 Å². The first kappa shape index (κ1) is 12.4. The van der Waals surface area contributed by atoms with E-state index < -0.39 is 0 Å². The quantitative estimate of drug-likeness (QED) is 0.922. The molecule has 0 saturated heterocycles. The van der Waals surface area contributed by atoms with Crippen molar-refractivity contribution >= 4 is 22.9 Å². The molecule has 90 valence electrons. The molecule has 0 radical (unpaired) electrons. The smallest absolute Gasteiger partial charge is 0.141 e. The first-order valence-corrected chi connectivity index (χ1v) is 6.36. The molecule has 0 aliphatic rings. The molecule has 0 fully saturated rings. The molecule has 0 aliphatic carbocycles. The summed E-state index contributed by atoms with van der Waals surface area (Å²) in [5, 5.41) is 4.26. The van der Waals surface area contributed by atoms with Crippen LogP contribution < -0.4 is 10.5 Å². The Balaban J connectivity index is 2.21. The van der Waals surface area contributed by atoms with Crippen molar-refractivity contribution in [3.05, 3.63) is 51.4 Å². The number of hydrogen-bond donors (Lipinski definition) is 1. The van der Waals surface area contributed by atoms with Gasteiger partial charge in [-0.05, 0) is 29.0 Å². The minimum absolute atomic E-state index is 0.305. The zero-order chi connectivity index (χ0) is 12.3. The van der Waals surface area contributed by atoms with E-state index in [1.54, 1.807) is 11.3 Å². The normalized spacial score (nSPS) is 12.4. The van der Waals surface area contributed by atoms with E-state index in [-0.39, 0.29) is 11.9 Å². The van der Waals surface area contributed by atoms with Crippen LogP contribution in [-0.2, 0) is 0 Å². The average Bonchev–Trinajstić information content (AvgIpc) is 2.84. The van der Waals surface area contributed by atoms with Gasteiger partial charge in [0.2, 0.25) is 0 Å². The van der Waals surface area contributed by atoms with Gasteiger partial charge >= 0.3 is 0 Å². The van der Waals surface area contributed by atoms with Gasteiger partial charge in [-0.2, -0.15) is 11.3 Å². The number of halogens is 2. The van der Waals surface area contributed by atoms with Crippen LogP contribution in [-0.4, -0.2) is 6.54 Å². The van der Waals surface area contributed by atoms with Gasteiger partial charge in [-0.3, -0.25) is 0 Å². The highest BCUT2D eigenvalue weighted by molar-refractivity contribution is 7.07. The highest BCUT2D eigenvalue weighted by Crippen LogP contribution is 2.30. The van der Waals surface area contributed by atoms with Crippen LogP contribution in [0.15, 0.2) is 35.0 Å². The van der Waals surface area contributed by atoms with Crippen LogP contribution in [0.3, 0.4) is 0 Å². The summed E-state index contributed by atoms with van der Waals surface area (Å²) < 4.78 is 18.7. The second-order valence-corrected chi connectivity index (χ2v) is 4.66. The molecule has 1 aromatic carbocycles. The number of thiophene rings is 1. The lowest BCUT2D eigenvalue weighted by Gasteiger charge is -2.17. The Morgan fingerprint density at radius 2 is 2.24 bits per heavy atom. The predicted octanol–water partition coefficient (Wildman–Crippen LogP) is 3.62. The molecule has 0 spiro atoms. The fourth-order valence-corrected chi connectivity index (χ4v) is 2.30. The highest BCUT2D eigenvalue weighted by Gasteiger charge is 2.14. The number of nitrogens with two attached hydrogens (primary N) is 1. The highest BCUT2D eigenvalue weighted by atomic mass is 35.5. The molecule has 0 bridgehead atoms. The lowest BCUT2D eigenvalue weighted by molar-refractivity contribution is 0.214. The van der Waals surface area contributed by atoms with E-state index in [1.165, 1.54) is 18.2 Å². The third kappa shape index (κ3) is 2.97. The molecule has 17 heavy (non-hydrogen) atoms. The fraction of sp³-hybridized carbons (Fsp3) is 0.167. The first-order valence-electron chi connectivity index (χ1n) is 5.04. The first-order chi connectivity index (χ1) is 8.20. The molecule has 2 nitrogen and oxygen atoms in total. The summed E-state index contributed by atoms with van der Waals surface area (Å²) in [5.41, 5.74) is 6.61. The lowest BCUT2D eigenvalue weighted by atomic mass is 10.2. The van der Waals surface area contributed by atoms with Crippen LogP contribution in [0.1, 0.15) is 11.7 Å². The Bertz CT molecular complexity index is 489. The molecule has 1 atom stereocenters. The van der Waals surface area contributed by atoms with Crippen molar-refractivity contribution in [2.75, 3.05) is 6.54 Å². The molecule has 2 aromatic rings. The standard InChI is InChI=1S/C12H11ClFNOS/c13-10-2-1-9(14)5-11(10)16-12(6-15)8-3-4-17-7-8/h1-5,7,12H,6,15H2. The van der Waals surface area contributed by atoms with Gasteiger partial charge in [0.05, 0.1) is 5.02 Å². The summed E-state index contributed by atoms with van der Waals surface area (Å²) >= 11 is 7.49. The third-order valence-corrected chi connectivity index (χ3v) is 3.31. The number of ether oxygens (including phenoxy) is 1. The fourth-order valence-electron chi connectivity index (χ4n) is 1.43. The minimum atomic E-state index is -0.384. The van der Waals surface area contributed by atoms with E-state index in [4.69, 9.17) is 22.1 Å². The van der Waals surface area contributed by atoms with E-state index >= 15 is 0 Å². The molecule has 0 amide bonds. The van der Waals surface area contributed by atoms with Gasteiger partial charge in [-0.25, -0.2) is 4.39 Å². The van der Waals surface area contributed by atoms with Gasteiger partial charge in [0.1, 0.15) is 17.7 Å². The summed E-state index contributed by atoms with van der Waals surface area (Å²) in [6, 6.07) is 5.94. The Kier molecular flexibility index (Phi) is 3.99. The Morgan fingerprint density at radius 3 is 2.88 bits per heavy atom. The summed E-state index contributed by atoms with van der Waals surface area (Å²) in [6.45, 7) is 0.309. The second-order valence-electron chi connectivity index (χ2n) is 3.47. The molecule has 2 rings (SSSR count). The molecule has 1 unspecified atom stereocenters. The topological polar surface area (TPSA) is 35.2 Å². The predicted molar refractivity (Wildman–Crippen MR) is 68.2 cm³/mol. The van der Waals surface area contributed by atoms with Crippen molar-refractivity contribution < 1.29 is 9.13 Å². The van der Waals surface area contributed by atoms with Crippen molar-refractivity contribution in [1.82, 2.24) is 0 Å². The Hall–Kier alpha value is -1.10. The molecular formula is C12H11ClFNOS. The Labute approximate surface area is 108 Å². The molecule has 5 heteroatoms. The number of benzene rings is 1. The molecule has 0 aliphatic heterocycles. The van der Waals surface area contributed by atoms with Crippen molar-refractivity contribution in [1.29, 1.82) is 0 Å². The maximum absolute atomic E-state index is 13.1. The zero-order valence-corrected chi connectivity index (χ0v) is 10.5. The van der Waals surface area contributed by atoms with Crippen LogP contribution in [0.2, 0.25) is 5.02 Å². The van der Waals surface area contributed by atoms with Crippen molar-refractivity contribution in [2.45, 2.75) is 6.10 Å². The molecule has 0 saturated carbocycles. The van der Waals surface area contributed by atoms with Crippen LogP contribution in [0.25, 0.3) is 0 Å². The van der Waals surface area contributed by atoms with Crippen molar-refractivity contribution in [2.24, 2.45) is 5.73 Å². The molecular weight excluding hydrogens is 261 g/mol. The minimum Gasteiger partial charge on any atom is -0.483 e. The van der Waals surface area contributed by atoms with Crippen LogP contribution in [0.4, 0.5) is 4.39 Å². The average molecular weight is 272 g/mol. The molecule has 1 aromatic heterocycles. The van der Waals surface area contributed by atoms with Crippen LogP contribution >= 0.6 is 22.9 Å². The van der Waals surface area contributed by atoms with E-state index in [0.29, 0.717) is 17.3 Å². The zero-order valence-electron chi connectivity index (χ0n) is 8.90. The maximum atomic E-state index is 13.1. The largest absolute Gasteiger partial charge is 0.483 e. The SMILES string of the molecule is NCC(Oc1cc(F)ccc1Cl)c1ccsc1. The van der Waals surface area contributed by atoms with Crippen molar-refractivity contribution in [3.8, 4) is 5.75 Å². The van der Waals surface area contributed by atoms with Crippen LogP contribution in [0.5, 0.6) is 5.75 Å². The van der Waals surface area contributed by atoms with E-state index in [0.717, 1.165) is 5.56 Å². The van der Waals surface area contributed by atoms with Gasteiger partial charge in [-0.1, -0.05) is 11.6 Å². The molecule has 2 N–H and O–H groups in total. The maximum Gasteiger partial charge on any atom is 0.141 e. The van der Waals surface area contributed by atoms with Gasteiger partial charge in [0, 0.05) is 18.2 Å². The van der Waals surface area contributed by atoms with Gasteiger partial charge in [-0.15, -0.1) is 0 Å². The van der Waals surface area contributed by atoms with Crippen LogP contribution in [0, 0.1) is 5.82 Å². The van der Waals surface area contributed by atoms with Gasteiger partial charge in [0.25, 0.3) is 0 Å².